The van der Waals surface area contributed by atoms with Gasteiger partial charge in [0.05, 0.1) is 12.8 Å². The number of rotatable bonds is 8. The Labute approximate surface area is 171 Å². The molecule has 1 aliphatic heterocycles. The van der Waals surface area contributed by atoms with Crippen molar-refractivity contribution in [1.82, 2.24) is 15.1 Å². The third-order valence-corrected chi connectivity index (χ3v) is 5.84. The fourth-order valence-corrected chi connectivity index (χ4v) is 4.31. The number of aliphatic imine (C=N–C) groups is 1. The largest absolute Gasteiger partial charge is 0.469 e. The molecular formula is C21H33F3N4O. The average molecular weight is 415 g/mol. The smallest absolute Gasteiger partial charge is 0.401 e. The molecule has 0 aromatic carbocycles. The molecule has 1 aliphatic carbocycles. The molecule has 2 heterocycles. The van der Waals surface area contributed by atoms with E-state index in [2.05, 4.69) is 10.2 Å². The summed E-state index contributed by atoms with van der Waals surface area (Å²) in [6, 6.07) is 4.28. The summed E-state index contributed by atoms with van der Waals surface area (Å²) in [6.45, 7) is 4.10. The van der Waals surface area contributed by atoms with Crippen LogP contribution in [0.1, 0.15) is 44.8 Å². The molecule has 29 heavy (non-hydrogen) atoms. The number of guanidine groups is 1. The lowest BCUT2D eigenvalue weighted by Gasteiger charge is -2.27. The molecule has 8 heteroatoms. The summed E-state index contributed by atoms with van der Waals surface area (Å²) >= 11 is 0. The lowest BCUT2D eigenvalue weighted by molar-refractivity contribution is -0.146. The van der Waals surface area contributed by atoms with E-state index in [0.717, 1.165) is 50.5 Å². The highest BCUT2D eigenvalue weighted by molar-refractivity contribution is 5.80. The second kappa shape index (κ2) is 10.4. The number of hydrogen-bond acceptors (Lipinski definition) is 3. The minimum absolute atomic E-state index is 0.234. The Morgan fingerprint density at radius 2 is 2.10 bits per heavy atom. The number of nitrogens with zero attached hydrogens (tertiary/aromatic N) is 3. The summed E-state index contributed by atoms with van der Waals surface area (Å²) in [5, 5.41) is 3.62. The minimum atomic E-state index is -4.14. The highest BCUT2D eigenvalue weighted by Gasteiger charge is 2.33. The number of alkyl halides is 3. The predicted molar refractivity (Wildman–Crippen MR) is 108 cm³/mol. The quantitative estimate of drug-likeness (QED) is 0.517. The van der Waals surface area contributed by atoms with E-state index in [-0.39, 0.29) is 5.92 Å². The molecule has 1 aromatic heterocycles. The van der Waals surface area contributed by atoms with Gasteiger partial charge in [-0.1, -0.05) is 19.8 Å². The first-order valence-corrected chi connectivity index (χ1v) is 10.8. The SMILES string of the molecule is CCN(CC1CCN(C(=NCCc2ccco2)NC2CCCC2)C1)CC(F)(F)F. The molecule has 1 atom stereocenters. The van der Waals surface area contributed by atoms with Gasteiger partial charge in [-0.3, -0.25) is 9.89 Å². The molecule has 0 radical (unpaired) electrons. The summed E-state index contributed by atoms with van der Waals surface area (Å²) in [5.41, 5.74) is 0. The van der Waals surface area contributed by atoms with E-state index in [4.69, 9.17) is 9.41 Å². The fraction of sp³-hybridized carbons (Fsp3) is 0.762. The van der Waals surface area contributed by atoms with Crippen LogP contribution in [0.25, 0.3) is 0 Å². The molecule has 1 unspecified atom stereocenters. The first-order valence-electron chi connectivity index (χ1n) is 10.8. The molecule has 5 nitrogen and oxygen atoms in total. The molecular weight excluding hydrogens is 381 g/mol. The number of likely N-dealkylation sites (tertiary alicyclic amines) is 1. The molecule has 3 rings (SSSR count). The Bertz CT molecular complexity index is 626. The van der Waals surface area contributed by atoms with Gasteiger partial charge in [0.25, 0.3) is 0 Å². The van der Waals surface area contributed by atoms with Crippen LogP contribution in [-0.2, 0) is 6.42 Å². The molecule has 0 amide bonds. The zero-order valence-corrected chi connectivity index (χ0v) is 17.3. The molecule has 1 saturated heterocycles. The maximum Gasteiger partial charge on any atom is 0.401 e. The predicted octanol–water partition coefficient (Wildman–Crippen LogP) is 3.92. The van der Waals surface area contributed by atoms with Crippen molar-refractivity contribution in [3.8, 4) is 0 Å². The maximum absolute atomic E-state index is 12.8. The fourth-order valence-electron chi connectivity index (χ4n) is 4.31. The highest BCUT2D eigenvalue weighted by Crippen LogP contribution is 2.23. The van der Waals surface area contributed by atoms with Crippen molar-refractivity contribution in [2.45, 2.75) is 57.7 Å². The summed E-state index contributed by atoms with van der Waals surface area (Å²) < 4.78 is 43.7. The molecule has 1 saturated carbocycles. The summed E-state index contributed by atoms with van der Waals surface area (Å²) in [5.74, 6) is 2.06. The van der Waals surface area contributed by atoms with E-state index >= 15 is 0 Å². The summed E-state index contributed by atoms with van der Waals surface area (Å²) in [7, 11) is 0. The normalized spacial score (nSPS) is 21.5. The third-order valence-electron chi connectivity index (χ3n) is 5.84. The van der Waals surface area contributed by atoms with Crippen LogP contribution in [0.3, 0.4) is 0 Å². The Morgan fingerprint density at radius 3 is 2.76 bits per heavy atom. The lowest BCUT2D eigenvalue weighted by atomic mass is 10.1. The van der Waals surface area contributed by atoms with Gasteiger partial charge in [-0.05, 0) is 43.9 Å². The first kappa shape index (κ1) is 22.0. The van der Waals surface area contributed by atoms with Crippen molar-refractivity contribution < 1.29 is 17.6 Å². The van der Waals surface area contributed by atoms with E-state index in [9.17, 15) is 13.2 Å². The zero-order valence-electron chi connectivity index (χ0n) is 17.3. The molecule has 1 aromatic rings. The number of nitrogens with one attached hydrogen (secondary N) is 1. The second-order valence-electron chi connectivity index (χ2n) is 8.20. The van der Waals surface area contributed by atoms with Crippen molar-refractivity contribution in [1.29, 1.82) is 0 Å². The van der Waals surface area contributed by atoms with E-state index < -0.39 is 12.7 Å². The Kier molecular flexibility index (Phi) is 7.86. The lowest BCUT2D eigenvalue weighted by Crippen LogP contribution is -2.45. The average Bonchev–Trinajstić information content (AvgIpc) is 3.42. The van der Waals surface area contributed by atoms with Crippen LogP contribution in [0.4, 0.5) is 13.2 Å². The van der Waals surface area contributed by atoms with Gasteiger partial charge in [-0.2, -0.15) is 13.2 Å². The second-order valence-corrected chi connectivity index (χ2v) is 8.20. The molecule has 0 bridgehead atoms. The molecule has 2 aliphatic rings. The van der Waals surface area contributed by atoms with Gasteiger partial charge in [0.1, 0.15) is 5.76 Å². The third kappa shape index (κ3) is 7.24. The monoisotopic (exact) mass is 414 g/mol. The van der Waals surface area contributed by atoms with E-state index in [0.29, 0.717) is 25.7 Å². The number of hydrogen-bond donors (Lipinski definition) is 1. The van der Waals surface area contributed by atoms with Crippen molar-refractivity contribution in [2.24, 2.45) is 10.9 Å². The van der Waals surface area contributed by atoms with Crippen LogP contribution < -0.4 is 5.32 Å². The van der Waals surface area contributed by atoms with Gasteiger partial charge in [0.2, 0.25) is 0 Å². The van der Waals surface area contributed by atoms with Crippen molar-refractivity contribution in [2.75, 3.05) is 39.3 Å². The van der Waals surface area contributed by atoms with Crippen LogP contribution in [0, 0.1) is 5.92 Å². The van der Waals surface area contributed by atoms with Gasteiger partial charge >= 0.3 is 6.18 Å². The van der Waals surface area contributed by atoms with Gasteiger partial charge < -0.3 is 14.6 Å². The van der Waals surface area contributed by atoms with Gasteiger partial charge in [0.15, 0.2) is 5.96 Å². The minimum Gasteiger partial charge on any atom is -0.469 e. The summed E-state index contributed by atoms with van der Waals surface area (Å²) in [4.78, 5) is 8.55. The van der Waals surface area contributed by atoms with Crippen LogP contribution in [0.2, 0.25) is 0 Å². The van der Waals surface area contributed by atoms with Gasteiger partial charge in [-0.15, -0.1) is 0 Å². The highest BCUT2D eigenvalue weighted by atomic mass is 19.4. The number of furan rings is 1. The summed E-state index contributed by atoms with van der Waals surface area (Å²) in [6.07, 6.45) is 3.96. The zero-order chi connectivity index (χ0) is 20.7. The van der Waals surface area contributed by atoms with Crippen LogP contribution >= 0.6 is 0 Å². The topological polar surface area (TPSA) is 44.0 Å². The number of halogens is 3. The van der Waals surface area contributed by atoms with Crippen molar-refractivity contribution in [3.63, 3.8) is 0 Å². The Morgan fingerprint density at radius 1 is 1.31 bits per heavy atom. The van der Waals surface area contributed by atoms with Crippen LogP contribution in [-0.4, -0.2) is 67.2 Å². The van der Waals surface area contributed by atoms with Crippen molar-refractivity contribution >= 4 is 5.96 Å². The molecule has 1 N–H and O–H groups in total. The van der Waals surface area contributed by atoms with Crippen LogP contribution in [0.15, 0.2) is 27.8 Å². The molecule has 164 valence electrons. The standard InChI is InChI=1S/C21H33F3N4O/c1-2-27(16-21(22,23)24)14-17-10-12-28(15-17)20(26-18-6-3-4-7-18)25-11-9-19-8-5-13-29-19/h5,8,13,17-18H,2-4,6-7,9-12,14-16H2,1H3,(H,25,26). The van der Waals surface area contributed by atoms with Crippen molar-refractivity contribution in [3.05, 3.63) is 24.2 Å². The van der Waals surface area contributed by atoms with Crippen LogP contribution in [0.5, 0.6) is 0 Å². The molecule has 0 spiro atoms. The van der Waals surface area contributed by atoms with E-state index in [1.165, 1.54) is 17.7 Å². The van der Waals surface area contributed by atoms with Gasteiger partial charge in [-0.25, -0.2) is 0 Å². The Balaban J connectivity index is 1.56. The Hall–Kier alpha value is -1.70. The molecule has 2 fully saturated rings. The maximum atomic E-state index is 12.8. The van der Waals surface area contributed by atoms with E-state index in [1.54, 1.807) is 13.2 Å². The first-order chi connectivity index (χ1) is 13.9. The van der Waals surface area contributed by atoms with Gasteiger partial charge in [0, 0.05) is 38.6 Å². The van der Waals surface area contributed by atoms with E-state index in [1.807, 2.05) is 12.1 Å².